The number of rotatable bonds is 10. The number of hydrogen-bond donors (Lipinski definition) is 0. The summed E-state index contributed by atoms with van der Waals surface area (Å²) >= 11 is 0. The Labute approximate surface area is 155 Å². The van der Waals surface area contributed by atoms with E-state index in [1.807, 2.05) is 36.4 Å². The van der Waals surface area contributed by atoms with Crippen LogP contribution in [0.5, 0.6) is 5.75 Å². The van der Waals surface area contributed by atoms with E-state index in [0.29, 0.717) is 5.56 Å². The minimum Gasteiger partial charge on any atom is -0.494 e. The van der Waals surface area contributed by atoms with Crippen molar-refractivity contribution in [1.82, 2.24) is 0 Å². The molecule has 2 rings (SSSR count). The second-order valence-electron chi connectivity index (χ2n) is 6.20. The molecule has 0 aliphatic carbocycles. The van der Waals surface area contributed by atoms with Gasteiger partial charge in [-0.25, -0.2) is 0 Å². The molecule has 0 aliphatic heterocycles. The van der Waals surface area contributed by atoms with Crippen molar-refractivity contribution < 1.29 is 9.53 Å². The summed E-state index contributed by atoms with van der Waals surface area (Å²) in [7, 11) is 0. The van der Waals surface area contributed by atoms with E-state index < -0.39 is 0 Å². The van der Waals surface area contributed by atoms with E-state index in [4.69, 9.17) is 4.74 Å². The molecule has 0 spiro atoms. The Morgan fingerprint density at radius 2 is 1.69 bits per heavy atom. The summed E-state index contributed by atoms with van der Waals surface area (Å²) in [6, 6.07) is 18.3. The van der Waals surface area contributed by atoms with Gasteiger partial charge in [0.15, 0.2) is 0 Å². The van der Waals surface area contributed by atoms with Crippen LogP contribution >= 0.6 is 0 Å². The third-order valence-corrected chi connectivity index (χ3v) is 4.11. The molecule has 0 saturated carbocycles. The topological polar surface area (TPSA) is 50.1 Å². The number of nitriles is 1. The molecule has 0 aliphatic rings. The van der Waals surface area contributed by atoms with Gasteiger partial charge in [0.25, 0.3) is 0 Å². The van der Waals surface area contributed by atoms with Gasteiger partial charge in [-0.05, 0) is 30.2 Å². The average molecular weight is 347 g/mol. The minimum absolute atomic E-state index is 0.126. The van der Waals surface area contributed by atoms with E-state index in [1.54, 1.807) is 30.3 Å². The van der Waals surface area contributed by atoms with Crippen LogP contribution in [0.25, 0.3) is 6.08 Å². The quantitative estimate of drug-likeness (QED) is 0.235. The monoisotopic (exact) mass is 347 g/mol. The Balaban J connectivity index is 1.93. The summed E-state index contributed by atoms with van der Waals surface area (Å²) in [6.07, 6.45) is 7.66. The van der Waals surface area contributed by atoms with Crippen molar-refractivity contribution in [3.05, 3.63) is 71.3 Å². The summed E-state index contributed by atoms with van der Waals surface area (Å²) in [5.74, 6) is 0.547. The molecular formula is C23H25NO2. The van der Waals surface area contributed by atoms with Crippen molar-refractivity contribution in [2.24, 2.45) is 0 Å². The number of carbonyl (C=O) groups is 1. The predicted octanol–water partition coefficient (Wildman–Crippen LogP) is 5.83. The van der Waals surface area contributed by atoms with Crippen LogP contribution in [-0.4, -0.2) is 12.4 Å². The van der Waals surface area contributed by atoms with Crippen molar-refractivity contribution in [1.29, 1.82) is 5.26 Å². The highest BCUT2D eigenvalue weighted by atomic mass is 16.5. The van der Waals surface area contributed by atoms with Gasteiger partial charge in [0.2, 0.25) is 5.78 Å². The molecule has 2 aromatic carbocycles. The van der Waals surface area contributed by atoms with Gasteiger partial charge in [-0.15, -0.1) is 0 Å². The number of allylic oxidation sites excluding steroid dienone is 1. The van der Waals surface area contributed by atoms with Crippen LogP contribution in [0.1, 0.15) is 54.9 Å². The molecule has 3 nitrogen and oxygen atoms in total. The van der Waals surface area contributed by atoms with Gasteiger partial charge < -0.3 is 4.74 Å². The van der Waals surface area contributed by atoms with Crippen LogP contribution in [0.2, 0.25) is 0 Å². The molecular weight excluding hydrogens is 322 g/mol. The number of ether oxygens (including phenoxy) is 1. The smallest absolute Gasteiger partial charge is 0.203 e. The van der Waals surface area contributed by atoms with Gasteiger partial charge in [0.1, 0.15) is 17.4 Å². The fraction of sp³-hybridized carbons (Fsp3) is 0.304. The summed E-state index contributed by atoms with van der Waals surface area (Å²) in [6.45, 7) is 2.92. The summed E-state index contributed by atoms with van der Waals surface area (Å²) in [5.41, 5.74) is 1.45. The van der Waals surface area contributed by atoms with Crippen molar-refractivity contribution in [2.45, 2.75) is 39.0 Å². The van der Waals surface area contributed by atoms with Gasteiger partial charge in [-0.3, -0.25) is 4.79 Å². The number of ketones is 1. The number of nitrogens with zero attached hydrogens (tertiary/aromatic N) is 1. The largest absolute Gasteiger partial charge is 0.494 e. The van der Waals surface area contributed by atoms with Crippen molar-refractivity contribution >= 4 is 11.9 Å². The lowest BCUT2D eigenvalue weighted by atomic mass is 10.0. The maximum Gasteiger partial charge on any atom is 0.203 e. The number of hydrogen-bond acceptors (Lipinski definition) is 3. The SMILES string of the molecule is CCCCCCCOc1ccc(/C=C(\C#N)C(=O)c2ccccc2)cc1. The zero-order valence-corrected chi connectivity index (χ0v) is 15.3. The fourth-order valence-electron chi connectivity index (χ4n) is 2.62. The lowest BCUT2D eigenvalue weighted by Crippen LogP contribution is -2.01. The number of carbonyl (C=O) groups excluding carboxylic acids is 1. The zero-order valence-electron chi connectivity index (χ0n) is 15.3. The molecule has 0 aromatic heterocycles. The lowest BCUT2D eigenvalue weighted by molar-refractivity contribution is 0.104. The van der Waals surface area contributed by atoms with E-state index in [1.165, 1.54) is 25.7 Å². The molecule has 0 atom stereocenters. The third-order valence-electron chi connectivity index (χ3n) is 4.11. The van der Waals surface area contributed by atoms with Gasteiger partial charge in [-0.1, -0.05) is 75.1 Å². The first-order valence-electron chi connectivity index (χ1n) is 9.19. The maximum absolute atomic E-state index is 12.4. The highest BCUT2D eigenvalue weighted by molar-refractivity contribution is 6.14. The van der Waals surface area contributed by atoms with Crippen molar-refractivity contribution in [3.63, 3.8) is 0 Å². The van der Waals surface area contributed by atoms with Gasteiger partial charge in [-0.2, -0.15) is 5.26 Å². The first-order chi connectivity index (χ1) is 12.7. The number of benzene rings is 2. The first kappa shape index (κ1) is 19.5. The van der Waals surface area contributed by atoms with E-state index in [0.717, 1.165) is 24.3 Å². The number of Topliss-reactive ketones (excluding diaryl/α,β-unsaturated/α-hetero) is 1. The van der Waals surface area contributed by atoms with E-state index >= 15 is 0 Å². The van der Waals surface area contributed by atoms with Crippen molar-refractivity contribution in [3.8, 4) is 11.8 Å². The Morgan fingerprint density at radius 1 is 1.00 bits per heavy atom. The standard InChI is InChI=1S/C23H25NO2/c1-2-3-4-5-9-16-26-22-14-12-19(13-15-22)17-21(18-24)23(25)20-10-7-6-8-11-20/h6-8,10-15,17H,2-5,9,16H2,1H3/b21-17+. The zero-order chi connectivity index (χ0) is 18.6. The first-order valence-corrected chi connectivity index (χ1v) is 9.19. The van der Waals surface area contributed by atoms with E-state index in [9.17, 15) is 10.1 Å². The van der Waals surface area contributed by atoms with Crippen LogP contribution in [0.3, 0.4) is 0 Å². The van der Waals surface area contributed by atoms with Gasteiger partial charge in [0, 0.05) is 5.56 Å². The molecule has 0 N–H and O–H groups in total. The molecule has 2 aromatic rings. The van der Waals surface area contributed by atoms with Gasteiger partial charge in [0.05, 0.1) is 6.61 Å². The van der Waals surface area contributed by atoms with E-state index in [-0.39, 0.29) is 11.4 Å². The summed E-state index contributed by atoms with van der Waals surface area (Å²) in [5, 5.41) is 9.31. The Hall–Kier alpha value is -2.86. The molecule has 3 heteroatoms. The molecule has 134 valence electrons. The summed E-state index contributed by atoms with van der Waals surface area (Å²) < 4.78 is 5.74. The highest BCUT2D eigenvalue weighted by Gasteiger charge is 2.11. The second kappa shape index (κ2) is 10.9. The summed E-state index contributed by atoms with van der Waals surface area (Å²) in [4.78, 5) is 12.4. The van der Waals surface area contributed by atoms with Crippen LogP contribution in [0, 0.1) is 11.3 Å². The van der Waals surface area contributed by atoms with Crippen LogP contribution in [0.4, 0.5) is 0 Å². The van der Waals surface area contributed by atoms with Crippen molar-refractivity contribution in [2.75, 3.05) is 6.61 Å². The van der Waals surface area contributed by atoms with Gasteiger partial charge >= 0.3 is 0 Å². The fourth-order valence-corrected chi connectivity index (χ4v) is 2.62. The predicted molar refractivity (Wildman–Crippen MR) is 105 cm³/mol. The second-order valence-corrected chi connectivity index (χ2v) is 6.20. The van der Waals surface area contributed by atoms with Crippen LogP contribution in [0.15, 0.2) is 60.2 Å². The highest BCUT2D eigenvalue weighted by Crippen LogP contribution is 2.17. The molecule has 0 heterocycles. The van der Waals surface area contributed by atoms with E-state index in [2.05, 4.69) is 6.92 Å². The minimum atomic E-state index is -0.263. The normalized spacial score (nSPS) is 11.0. The molecule has 0 saturated heterocycles. The lowest BCUT2D eigenvalue weighted by Gasteiger charge is -2.06. The Bertz CT molecular complexity index is 755. The maximum atomic E-state index is 12.4. The Morgan fingerprint density at radius 3 is 2.35 bits per heavy atom. The molecule has 0 radical (unpaired) electrons. The molecule has 0 amide bonds. The Kier molecular flexibility index (Phi) is 8.15. The molecule has 0 fully saturated rings. The van der Waals surface area contributed by atoms with Crippen LogP contribution in [-0.2, 0) is 0 Å². The molecule has 0 bridgehead atoms. The molecule has 0 unspecified atom stereocenters. The number of unbranched alkanes of at least 4 members (excludes halogenated alkanes) is 4. The van der Waals surface area contributed by atoms with Crippen LogP contribution < -0.4 is 4.74 Å². The third kappa shape index (κ3) is 6.22. The molecule has 26 heavy (non-hydrogen) atoms. The average Bonchev–Trinajstić information content (AvgIpc) is 2.70.